The van der Waals surface area contributed by atoms with Crippen LogP contribution in [0.5, 0.6) is 0 Å². The minimum absolute atomic E-state index is 0.156. The molecule has 0 saturated heterocycles. The van der Waals surface area contributed by atoms with Crippen LogP contribution >= 0.6 is 0 Å². The fourth-order valence-corrected chi connectivity index (χ4v) is 2.07. The van der Waals surface area contributed by atoms with Crippen molar-refractivity contribution in [2.75, 3.05) is 6.61 Å². The Labute approximate surface area is 75.2 Å². The van der Waals surface area contributed by atoms with Gasteiger partial charge < -0.3 is 10.8 Å². The Morgan fingerprint density at radius 1 is 1.42 bits per heavy atom. The molecular formula is C10H21NO. The molecule has 0 amide bonds. The standard InChI is InChI=1S/C10H21NO/c1-2-9-4-3-6-10(11,8-12)7-5-9/h9,12H,2-8,11H2,1H3. The van der Waals surface area contributed by atoms with Gasteiger partial charge in [0.1, 0.15) is 0 Å². The third-order valence-electron chi connectivity index (χ3n) is 3.23. The van der Waals surface area contributed by atoms with Crippen molar-refractivity contribution in [3.63, 3.8) is 0 Å². The Kier molecular flexibility index (Phi) is 3.53. The maximum absolute atomic E-state index is 9.11. The van der Waals surface area contributed by atoms with Crippen molar-refractivity contribution in [3.8, 4) is 0 Å². The summed E-state index contributed by atoms with van der Waals surface area (Å²) >= 11 is 0. The van der Waals surface area contributed by atoms with Gasteiger partial charge in [0.25, 0.3) is 0 Å². The molecule has 72 valence electrons. The molecular weight excluding hydrogens is 150 g/mol. The summed E-state index contributed by atoms with van der Waals surface area (Å²) in [6.45, 7) is 2.40. The zero-order chi connectivity index (χ0) is 9.03. The van der Waals surface area contributed by atoms with Crippen molar-refractivity contribution >= 4 is 0 Å². The maximum atomic E-state index is 9.11. The van der Waals surface area contributed by atoms with Gasteiger partial charge in [0, 0.05) is 5.54 Å². The number of hydrogen-bond acceptors (Lipinski definition) is 2. The van der Waals surface area contributed by atoms with Crippen LogP contribution in [0.15, 0.2) is 0 Å². The third-order valence-corrected chi connectivity index (χ3v) is 3.23. The predicted octanol–water partition coefficient (Wildman–Crippen LogP) is 1.67. The van der Waals surface area contributed by atoms with E-state index in [0.717, 1.165) is 18.8 Å². The highest BCUT2D eigenvalue weighted by Gasteiger charge is 2.27. The van der Waals surface area contributed by atoms with Gasteiger partial charge in [0.05, 0.1) is 6.61 Å². The van der Waals surface area contributed by atoms with Crippen molar-refractivity contribution in [3.05, 3.63) is 0 Å². The summed E-state index contributed by atoms with van der Waals surface area (Å²) < 4.78 is 0. The molecule has 0 heterocycles. The van der Waals surface area contributed by atoms with Gasteiger partial charge in [-0.3, -0.25) is 0 Å². The maximum Gasteiger partial charge on any atom is 0.0611 e. The predicted molar refractivity (Wildman–Crippen MR) is 50.9 cm³/mol. The molecule has 2 nitrogen and oxygen atoms in total. The van der Waals surface area contributed by atoms with Gasteiger partial charge in [-0.15, -0.1) is 0 Å². The smallest absolute Gasteiger partial charge is 0.0611 e. The molecule has 2 unspecified atom stereocenters. The molecule has 1 aliphatic carbocycles. The minimum Gasteiger partial charge on any atom is -0.394 e. The highest BCUT2D eigenvalue weighted by atomic mass is 16.3. The monoisotopic (exact) mass is 171 g/mol. The quantitative estimate of drug-likeness (QED) is 0.621. The lowest BCUT2D eigenvalue weighted by Gasteiger charge is -2.25. The topological polar surface area (TPSA) is 46.2 Å². The molecule has 12 heavy (non-hydrogen) atoms. The third kappa shape index (κ3) is 2.46. The molecule has 0 aromatic rings. The molecule has 0 radical (unpaired) electrons. The van der Waals surface area contributed by atoms with Gasteiger partial charge >= 0.3 is 0 Å². The summed E-state index contributed by atoms with van der Waals surface area (Å²) in [5.41, 5.74) is 5.77. The summed E-state index contributed by atoms with van der Waals surface area (Å²) in [5.74, 6) is 0.849. The van der Waals surface area contributed by atoms with Crippen LogP contribution in [0.25, 0.3) is 0 Å². The molecule has 1 aliphatic rings. The highest BCUT2D eigenvalue weighted by molar-refractivity contribution is 4.86. The van der Waals surface area contributed by atoms with Crippen molar-refractivity contribution in [2.45, 2.75) is 51.0 Å². The van der Waals surface area contributed by atoms with Crippen LogP contribution in [0.2, 0.25) is 0 Å². The first-order chi connectivity index (χ1) is 5.70. The minimum atomic E-state index is -0.260. The Hall–Kier alpha value is -0.0800. The summed E-state index contributed by atoms with van der Waals surface area (Å²) in [5, 5.41) is 9.11. The zero-order valence-corrected chi connectivity index (χ0v) is 8.05. The summed E-state index contributed by atoms with van der Waals surface area (Å²) in [6.07, 6.45) is 6.96. The van der Waals surface area contributed by atoms with E-state index in [1.807, 2.05) is 0 Å². The molecule has 0 aliphatic heterocycles. The first kappa shape index (κ1) is 10.0. The summed E-state index contributed by atoms with van der Waals surface area (Å²) in [6, 6.07) is 0. The van der Waals surface area contributed by atoms with Crippen LogP contribution < -0.4 is 5.73 Å². The van der Waals surface area contributed by atoms with E-state index in [0.29, 0.717) is 0 Å². The fourth-order valence-electron chi connectivity index (χ4n) is 2.07. The van der Waals surface area contributed by atoms with E-state index in [9.17, 15) is 0 Å². The van der Waals surface area contributed by atoms with Crippen molar-refractivity contribution < 1.29 is 5.11 Å². The molecule has 1 saturated carbocycles. The summed E-state index contributed by atoms with van der Waals surface area (Å²) in [4.78, 5) is 0. The molecule has 3 N–H and O–H groups in total. The lowest BCUT2D eigenvalue weighted by Crippen LogP contribution is -2.42. The molecule has 2 atom stereocenters. The van der Waals surface area contributed by atoms with E-state index >= 15 is 0 Å². The average Bonchev–Trinajstić information content (AvgIpc) is 2.28. The summed E-state index contributed by atoms with van der Waals surface area (Å²) in [7, 11) is 0. The van der Waals surface area contributed by atoms with Crippen LogP contribution in [0, 0.1) is 5.92 Å². The lowest BCUT2D eigenvalue weighted by molar-refractivity contribution is 0.179. The molecule has 0 bridgehead atoms. The SMILES string of the molecule is CCC1CCCC(N)(CO)CC1. The zero-order valence-electron chi connectivity index (χ0n) is 8.05. The van der Waals surface area contributed by atoms with E-state index in [2.05, 4.69) is 6.92 Å². The number of rotatable bonds is 2. The van der Waals surface area contributed by atoms with Crippen LogP contribution in [0.4, 0.5) is 0 Å². The largest absolute Gasteiger partial charge is 0.394 e. The second-order valence-corrected chi connectivity index (χ2v) is 4.23. The fraction of sp³-hybridized carbons (Fsp3) is 1.00. The van der Waals surface area contributed by atoms with Crippen LogP contribution in [0.1, 0.15) is 45.4 Å². The van der Waals surface area contributed by atoms with Gasteiger partial charge in [-0.05, 0) is 25.2 Å². The normalized spacial score (nSPS) is 37.8. The lowest BCUT2D eigenvalue weighted by atomic mass is 9.91. The number of nitrogens with two attached hydrogens (primary N) is 1. The van der Waals surface area contributed by atoms with Gasteiger partial charge in [-0.1, -0.05) is 26.2 Å². The van der Waals surface area contributed by atoms with Crippen LogP contribution in [-0.2, 0) is 0 Å². The van der Waals surface area contributed by atoms with E-state index < -0.39 is 0 Å². The van der Waals surface area contributed by atoms with E-state index in [4.69, 9.17) is 10.8 Å². The van der Waals surface area contributed by atoms with Crippen molar-refractivity contribution in [1.82, 2.24) is 0 Å². The van der Waals surface area contributed by atoms with Gasteiger partial charge in [-0.25, -0.2) is 0 Å². The first-order valence-corrected chi connectivity index (χ1v) is 5.10. The number of aliphatic hydroxyl groups is 1. The molecule has 0 spiro atoms. The Bertz CT molecular complexity index is 138. The molecule has 2 heteroatoms. The average molecular weight is 171 g/mol. The van der Waals surface area contributed by atoms with Crippen molar-refractivity contribution in [1.29, 1.82) is 0 Å². The van der Waals surface area contributed by atoms with E-state index in [1.54, 1.807) is 0 Å². The Morgan fingerprint density at radius 3 is 2.75 bits per heavy atom. The van der Waals surface area contributed by atoms with E-state index in [-0.39, 0.29) is 12.1 Å². The second-order valence-electron chi connectivity index (χ2n) is 4.23. The van der Waals surface area contributed by atoms with Gasteiger partial charge in [0.2, 0.25) is 0 Å². The molecule has 0 aromatic heterocycles. The Balaban J connectivity index is 2.44. The number of hydrogen-bond donors (Lipinski definition) is 2. The van der Waals surface area contributed by atoms with E-state index in [1.165, 1.54) is 25.7 Å². The van der Waals surface area contributed by atoms with Gasteiger partial charge in [0.15, 0.2) is 0 Å². The van der Waals surface area contributed by atoms with Crippen molar-refractivity contribution in [2.24, 2.45) is 11.7 Å². The van der Waals surface area contributed by atoms with Crippen LogP contribution in [0.3, 0.4) is 0 Å². The Morgan fingerprint density at radius 2 is 2.17 bits per heavy atom. The van der Waals surface area contributed by atoms with Gasteiger partial charge in [-0.2, -0.15) is 0 Å². The van der Waals surface area contributed by atoms with Crippen LogP contribution in [-0.4, -0.2) is 17.3 Å². The molecule has 0 aromatic carbocycles. The first-order valence-electron chi connectivity index (χ1n) is 5.10. The highest BCUT2D eigenvalue weighted by Crippen LogP contribution is 2.29. The second kappa shape index (κ2) is 4.24. The molecule has 1 rings (SSSR count). The molecule has 1 fully saturated rings. The number of aliphatic hydroxyl groups excluding tert-OH is 1.